The predicted octanol–water partition coefficient (Wildman–Crippen LogP) is 2.11. The van der Waals surface area contributed by atoms with Gasteiger partial charge >= 0.3 is 5.97 Å². The maximum atomic E-state index is 13.3. The first-order chi connectivity index (χ1) is 12.0. The number of piperazine rings is 1. The van der Waals surface area contributed by atoms with Gasteiger partial charge in [-0.1, -0.05) is 26.2 Å². The van der Waals surface area contributed by atoms with Crippen LogP contribution in [0.3, 0.4) is 0 Å². The highest BCUT2D eigenvalue weighted by Crippen LogP contribution is 2.43. The molecule has 0 aromatic heterocycles. The van der Waals surface area contributed by atoms with E-state index in [1.165, 1.54) is 11.3 Å². The van der Waals surface area contributed by atoms with Gasteiger partial charge in [0.15, 0.2) is 0 Å². The molecule has 0 unspecified atom stereocenters. The summed E-state index contributed by atoms with van der Waals surface area (Å²) in [5.74, 6) is -0.00960. The van der Waals surface area contributed by atoms with Gasteiger partial charge in [0.05, 0.1) is 6.61 Å². The molecule has 6 nitrogen and oxygen atoms in total. The van der Waals surface area contributed by atoms with Gasteiger partial charge in [0.2, 0.25) is 11.8 Å². The van der Waals surface area contributed by atoms with E-state index >= 15 is 0 Å². The third-order valence-electron chi connectivity index (χ3n) is 6.11. The molecule has 25 heavy (non-hydrogen) atoms. The number of carbonyl (C=O) groups excluding carboxylic acids is 3. The maximum absolute atomic E-state index is 13.3. The minimum atomic E-state index is -0.652. The number of carbonyl (C=O) groups is 3. The fraction of sp³-hybridized carbons (Fsp3) is 0.842. The molecule has 0 spiro atoms. The summed E-state index contributed by atoms with van der Waals surface area (Å²) in [7, 11) is 0. The molecule has 2 heterocycles. The summed E-state index contributed by atoms with van der Waals surface area (Å²) in [5.41, 5.74) is 0. The number of hydrogen-bond acceptors (Lipinski definition) is 4. The predicted molar refractivity (Wildman–Crippen MR) is 92.6 cm³/mol. The van der Waals surface area contributed by atoms with Gasteiger partial charge in [0, 0.05) is 6.04 Å². The molecular formula is C19H30N2O4. The minimum absolute atomic E-state index is 0.00408. The zero-order chi connectivity index (χ0) is 18.1. The quantitative estimate of drug-likeness (QED) is 0.712. The summed E-state index contributed by atoms with van der Waals surface area (Å²) in [6, 6.07) is -1.41. The maximum Gasteiger partial charge on any atom is 0.328 e. The SMILES string of the molecule is CCC[C@H](C(=O)OCC)N1C(=O)[C@@H]2C[C@@H]3CCCC[C@@H]3N2C(=O)[C@@H]1C. The number of amides is 2. The number of rotatable bonds is 5. The van der Waals surface area contributed by atoms with E-state index < -0.39 is 12.1 Å². The fourth-order valence-electron chi connectivity index (χ4n) is 5.00. The molecule has 140 valence electrons. The van der Waals surface area contributed by atoms with Crippen molar-refractivity contribution in [1.82, 2.24) is 9.80 Å². The molecule has 3 rings (SSSR count). The van der Waals surface area contributed by atoms with E-state index in [-0.39, 0.29) is 36.5 Å². The van der Waals surface area contributed by atoms with Gasteiger partial charge in [-0.25, -0.2) is 4.79 Å². The normalized spacial score (nSPS) is 33.1. The molecule has 1 saturated carbocycles. The molecule has 2 amide bonds. The van der Waals surface area contributed by atoms with Gasteiger partial charge in [-0.3, -0.25) is 9.59 Å². The summed E-state index contributed by atoms with van der Waals surface area (Å²) in [5, 5.41) is 0. The number of hydrogen-bond donors (Lipinski definition) is 0. The molecule has 3 aliphatic rings. The van der Waals surface area contributed by atoms with Crippen molar-refractivity contribution in [2.75, 3.05) is 6.61 Å². The monoisotopic (exact) mass is 350 g/mol. The number of esters is 1. The van der Waals surface area contributed by atoms with Gasteiger partial charge in [0.25, 0.3) is 0 Å². The van der Waals surface area contributed by atoms with E-state index in [1.54, 1.807) is 13.8 Å². The molecule has 0 N–H and O–H groups in total. The molecule has 3 fully saturated rings. The van der Waals surface area contributed by atoms with Crippen molar-refractivity contribution < 1.29 is 19.1 Å². The Morgan fingerprint density at radius 3 is 2.60 bits per heavy atom. The number of fused-ring (bicyclic) bond motifs is 3. The second-order valence-corrected chi connectivity index (χ2v) is 7.59. The Balaban J connectivity index is 1.88. The Labute approximate surface area is 149 Å². The average molecular weight is 350 g/mol. The van der Waals surface area contributed by atoms with Crippen molar-refractivity contribution in [2.24, 2.45) is 5.92 Å². The van der Waals surface area contributed by atoms with E-state index in [9.17, 15) is 14.4 Å². The zero-order valence-electron chi connectivity index (χ0n) is 15.6. The number of ether oxygens (including phenoxy) is 1. The average Bonchev–Trinajstić information content (AvgIpc) is 2.99. The van der Waals surface area contributed by atoms with Crippen molar-refractivity contribution in [1.29, 1.82) is 0 Å². The molecule has 2 aliphatic heterocycles. The van der Waals surface area contributed by atoms with Crippen LogP contribution in [0.5, 0.6) is 0 Å². The molecule has 0 radical (unpaired) electrons. The van der Waals surface area contributed by atoms with E-state index in [0.717, 1.165) is 32.1 Å². The van der Waals surface area contributed by atoms with Crippen LogP contribution in [0.1, 0.15) is 65.7 Å². The summed E-state index contributed by atoms with van der Waals surface area (Å²) in [6.45, 7) is 5.78. The van der Waals surface area contributed by atoms with E-state index in [4.69, 9.17) is 4.74 Å². The first-order valence-electron chi connectivity index (χ1n) is 9.82. The summed E-state index contributed by atoms with van der Waals surface area (Å²) < 4.78 is 5.19. The lowest BCUT2D eigenvalue weighted by atomic mass is 9.85. The van der Waals surface area contributed by atoms with Crippen LogP contribution in [0.4, 0.5) is 0 Å². The zero-order valence-corrected chi connectivity index (χ0v) is 15.6. The van der Waals surface area contributed by atoms with Crippen LogP contribution in [-0.2, 0) is 19.1 Å². The van der Waals surface area contributed by atoms with Crippen LogP contribution in [-0.4, -0.2) is 58.4 Å². The van der Waals surface area contributed by atoms with Crippen molar-refractivity contribution in [2.45, 2.75) is 89.9 Å². The van der Waals surface area contributed by atoms with E-state index in [2.05, 4.69) is 0 Å². The van der Waals surface area contributed by atoms with Gasteiger partial charge in [-0.05, 0) is 45.4 Å². The standard InChI is InChI=1S/C19H30N2O4/c1-4-8-15(19(24)25-5-2)20-12(3)17(22)21-14-10-7-6-9-13(14)11-16(21)18(20)23/h12-16H,4-11H2,1-3H3/t12-,13-,14-,15+,16-/m0/s1. The highest BCUT2D eigenvalue weighted by molar-refractivity contribution is 5.99. The third kappa shape index (κ3) is 3.04. The van der Waals surface area contributed by atoms with Gasteiger partial charge in [-0.2, -0.15) is 0 Å². The van der Waals surface area contributed by atoms with Crippen LogP contribution in [0, 0.1) is 5.92 Å². The Bertz CT molecular complexity index is 550. The highest BCUT2D eigenvalue weighted by Gasteiger charge is 2.55. The molecule has 5 atom stereocenters. The van der Waals surface area contributed by atoms with E-state index in [0.29, 0.717) is 12.3 Å². The van der Waals surface area contributed by atoms with Gasteiger partial charge < -0.3 is 14.5 Å². The molecule has 0 bridgehead atoms. The molecule has 2 saturated heterocycles. The van der Waals surface area contributed by atoms with Crippen molar-refractivity contribution in [3.05, 3.63) is 0 Å². The lowest BCUT2D eigenvalue weighted by molar-refractivity contribution is -0.170. The minimum Gasteiger partial charge on any atom is -0.464 e. The molecule has 0 aromatic carbocycles. The summed E-state index contributed by atoms with van der Waals surface area (Å²) in [6.07, 6.45) is 6.46. The smallest absolute Gasteiger partial charge is 0.328 e. The van der Waals surface area contributed by atoms with Crippen LogP contribution >= 0.6 is 0 Å². The second kappa shape index (κ2) is 7.34. The second-order valence-electron chi connectivity index (χ2n) is 7.59. The van der Waals surface area contributed by atoms with Crippen molar-refractivity contribution >= 4 is 17.8 Å². The Morgan fingerprint density at radius 1 is 1.20 bits per heavy atom. The lowest BCUT2D eigenvalue weighted by Gasteiger charge is -2.45. The topological polar surface area (TPSA) is 66.9 Å². The first kappa shape index (κ1) is 18.2. The largest absolute Gasteiger partial charge is 0.464 e. The molecule has 6 heteroatoms. The van der Waals surface area contributed by atoms with Crippen LogP contribution < -0.4 is 0 Å². The van der Waals surface area contributed by atoms with Gasteiger partial charge in [-0.15, -0.1) is 0 Å². The Hall–Kier alpha value is -1.59. The summed E-state index contributed by atoms with van der Waals surface area (Å²) >= 11 is 0. The van der Waals surface area contributed by atoms with Gasteiger partial charge in [0.1, 0.15) is 18.1 Å². The van der Waals surface area contributed by atoms with Crippen LogP contribution in [0.25, 0.3) is 0 Å². The highest BCUT2D eigenvalue weighted by atomic mass is 16.5. The lowest BCUT2D eigenvalue weighted by Crippen LogP contribution is -2.67. The van der Waals surface area contributed by atoms with Crippen molar-refractivity contribution in [3.63, 3.8) is 0 Å². The third-order valence-corrected chi connectivity index (χ3v) is 6.11. The van der Waals surface area contributed by atoms with E-state index in [1.807, 2.05) is 11.8 Å². The fourth-order valence-corrected chi connectivity index (χ4v) is 5.00. The van der Waals surface area contributed by atoms with Crippen LogP contribution in [0.15, 0.2) is 0 Å². The summed E-state index contributed by atoms with van der Waals surface area (Å²) in [4.78, 5) is 42.2. The molecular weight excluding hydrogens is 320 g/mol. The molecule has 1 aliphatic carbocycles. The van der Waals surface area contributed by atoms with Crippen LogP contribution in [0.2, 0.25) is 0 Å². The Morgan fingerprint density at radius 2 is 1.92 bits per heavy atom. The Kier molecular flexibility index (Phi) is 5.35. The first-order valence-corrected chi connectivity index (χ1v) is 9.82. The molecule has 0 aromatic rings. The number of nitrogens with zero attached hydrogens (tertiary/aromatic N) is 2. The van der Waals surface area contributed by atoms with Crippen molar-refractivity contribution in [3.8, 4) is 0 Å².